The Morgan fingerprint density at radius 1 is 1.27 bits per heavy atom. The van der Waals surface area contributed by atoms with Gasteiger partial charge in [-0.2, -0.15) is 5.26 Å². The maximum absolute atomic E-state index is 8.59. The number of ether oxygens (including phenoxy) is 1. The number of rotatable bonds is 5. The van der Waals surface area contributed by atoms with Crippen LogP contribution in [0.1, 0.15) is 38.4 Å². The minimum absolute atomic E-state index is 0.0471. The number of hydrogen-bond donors (Lipinski definition) is 0. The number of benzene rings is 1. The molecule has 0 saturated heterocycles. The van der Waals surface area contributed by atoms with E-state index in [1.807, 2.05) is 44.2 Å². The molecule has 0 radical (unpaired) electrons. The summed E-state index contributed by atoms with van der Waals surface area (Å²) in [5.74, 6) is 0. The predicted molar refractivity (Wildman–Crippen MR) is 60.3 cm³/mol. The number of nitrogens with zero attached hydrogens (tertiary/aromatic N) is 1. The van der Waals surface area contributed by atoms with Crippen LogP contribution < -0.4 is 0 Å². The Kier molecular flexibility index (Phi) is 4.86. The van der Waals surface area contributed by atoms with Gasteiger partial charge in [-0.05, 0) is 25.8 Å². The highest BCUT2D eigenvalue weighted by molar-refractivity contribution is 5.17. The Morgan fingerprint density at radius 2 is 1.93 bits per heavy atom. The van der Waals surface area contributed by atoms with E-state index < -0.39 is 0 Å². The lowest BCUT2D eigenvalue weighted by molar-refractivity contribution is 0.00251. The van der Waals surface area contributed by atoms with Crippen LogP contribution in [0.25, 0.3) is 0 Å². The lowest BCUT2D eigenvalue weighted by Crippen LogP contribution is -2.10. The van der Waals surface area contributed by atoms with E-state index in [1.165, 1.54) is 0 Å². The molecule has 1 aromatic rings. The van der Waals surface area contributed by atoms with Crippen LogP contribution in [0.15, 0.2) is 30.3 Å². The SMILES string of the molecule is CC(C)O[C@@H](CCC#N)c1ccccc1. The molecule has 0 saturated carbocycles. The van der Waals surface area contributed by atoms with Crippen molar-refractivity contribution in [3.8, 4) is 6.07 Å². The summed E-state index contributed by atoms with van der Waals surface area (Å²) in [6.45, 7) is 4.03. The molecule has 80 valence electrons. The van der Waals surface area contributed by atoms with Crippen molar-refractivity contribution in [3.63, 3.8) is 0 Å². The van der Waals surface area contributed by atoms with E-state index in [-0.39, 0.29) is 12.2 Å². The van der Waals surface area contributed by atoms with E-state index in [0.717, 1.165) is 12.0 Å². The molecule has 0 heterocycles. The van der Waals surface area contributed by atoms with Crippen LogP contribution >= 0.6 is 0 Å². The molecule has 1 aromatic carbocycles. The maximum Gasteiger partial charge on any atom is 0.0838 e. The molecule has 0 aromatic heterocycles. The van der Waals surface area contributed by atoms with E-state index in [9.17, 15) is 0 Å². The van der Waals surface area contributed by atoms with Crippen molar-refractivity contribution in [1.29, 1.82) is 5.26 Å². The van der Waals surface area contributed by atoms with Crippen molar-refractivity contribution in [2.24, 2.45) is 0 Å². The minimum atomic E-state index is 0.0471. The van der Waals surface area contributed by atoms with Crippen LogP contribution in [0.5, 0.6) is 0 Å². The molecule has 1 rings (SSSR count). The summed E-state index contributed by atoms with van der Waals surface area (Å²) in [5, 5.41) is 8.59. The first-order valence-corrected chi connectivity index (χ1v) is 5.31. The van der Waals surface area contributed by atoms with Gasteiger partial charge < -0.3 is 4.74 Å². The molecule has 0 bridgehead atoms. The fourth-order valence-corrected chi connectivity index (χ4v) is 1.51. The summed E-state index contributed by atoms with van der Waals surface area (Å²) in [4.78, 5) is 0. The van der Waals surface area contributed by atoms with E-state index >= 15 is 0 Å². The van der Waals surface area contributed by atoms with Gasteiger partial charge in [0.25, 0.3) is 0 Å². The summed E-state index contributed by atoms with van der Waals surface area (Å²) >= 11 is 0. The molecule has 2 nitrogen and oxygen atoms in total. The van der Waals surface area contributed by atoms with Crippen molar-refractivity contribution in [2.45, 2.75) is 38.9 Å². The predicted octanol–water partition coefficient (Wildman–Crippen LogP) is 3.46. The number of nitriles is 1. The molecule has 0 fully saturated rings. The Hall–Kier alpha value is -1.33. The fourth-order valence-electron chi connectivity index (χ4n) is 1.51. The quantitative estimate of drug-likeness (QED) is 0.734. The van der Waals surface area contributed by atoms with Crippen LogP contribution in [0.3, 0.4) is 0 Å². The van der Waals surface area contributed by atoms with Crippen LogP contribution in [0.4, 0.5) is 0 Å². The van der Waals surface area contributed by atoms with E-state index in [2.05, 4.69) is 6.07 Å². The summed E-state index contributed by atoms with van der Waals surface area (Å²) in [7, 11) is 0. The Labute approximate surface area is 91.5 Å². The Bertz CT molecular complexity index is 313. The van der Waals surface area contributed by atoms with Gasteiger partial charge in [-0.15, -0.1) is 0 Å². The maximum atomic E-state index is 8.59. The second-order valence-corrected chi connectivity index (χ2v) is 3.78. The molecule has 0 aliphatic heterocycles. The molecule has 2 heteroatoms. The van der Waals surface area contributed by atoms with Crippen LogP contribution in [0, 0.1) is 11.3 Å². The third kappa shape index (κ3) is 4.14. The highest BCUT2D eigenvalue weighted by Crippen LogP contribution is 2.23. The molecule has 0 N–H and O–H groups in total. The molecule has 0 amide bonds. The van der Waals surface area contributed by atoms with Crippen LogP contribution in [-0.4, -0.2) is 6.10 Å². The molecular formula is C13H17NO. The minimum Gasteiger partial charge on any atom is -0.371 e. The number of hydrogen-bond acceptors (Lipinski definition) is 2. The molecule has 1 atom stereocenters. The van der Waals surface area contributed by atoms with Crippen molar-refractivity contribution in [3.05, 3.63) is 35.9 Å². The third-order valence-corrected chi connectivity index (χ3v) is 2.13. The zero-order valence-electron chi connectivity index (χ0n) is 9.31. The van der Waals surface area contributed by atoms with Gasteiger partial charge in [0.15, 0.2) is 0 Å². The molecule has 0 unspecified atom stereocenters. The van der Waals surface area contributed by atoms with Crippen molar-refractivity contribution < 1.29 is 4.74 Å². The molecule has 15 heavy (non-hydrogen) atoms. The first kappa shape index (κ1) is 11.7. The summed E-state index contributed by atoms with van der Waals surface area (Å²) in [5.41, 5.74) is 1.15. The second-order valence-electron chi connectivity index (χ2n) is 3.78. The van der Waals surface area contributed by atoms with Crippen molar-refractivity contribution in [2.75, 3.05) is 0 Å². The normalized spacial score (nSPS) is 12.4. The largest absolute Gasteiger partial charge is 0.371 e. The van der Waals surface area contributed by atoms with Gasteiger partial charge in [0, 0.05) is 6.42 Å². The summed E-state index contributed by atoms with van der Waals surface area (Å²) in [6.07, 6.45) is 1.53. The van der Waals surface area contributed by atoms with Gasteiger partial charge >= 0.3 is 0 Å². The molecular weight excluding hydrogens is 186 g/mol. The van der Waals surface area contributed by atoms with E-state index in [1.54, 1.807) is 0 Å². The third-order valence-electron chi connectivity index (χ3n) is 2.13. The van der Waals surface area contributed by atoms with Crippen molar-refractivity contribution >= 4 is 0 Å². The molecule has 0 aliphatic rings. The van der Waals surface area contributed by atoms with Crippen LogP contribution in [0.2, 0.25) is 0 Å². The lowest BCUT2D eigenvalue weighted by atomic mass is 10.1. The monoisotopic (exact) mass is 203 g/mol. The zero-order valence-corrected chi connectivity index (χ0v) is 9.31. The first-order valence-electron chi connectivity index (χ1n) is 5.31. The average Bonchev–Trinajstić information content (AvgIpc) is 2.25. The first-order chi connectivity index (χ1) is 7.24. The second kappa shape index (κ2) is 6.21. The van der Waals surface area contributed by atoms with Gasteiger partial charge in [0.2, 0.25) is 0 Å². The highest BCUT2D eigenvalue weighted by Gasteiger charge is 2.12. The average molecular weight is 203 g/mol. The van der Waals surface area contributed by atoms with E-state index in [0.29, 0.717) is 6.42 Å². The molecule has 0 spiro atoms. The summed E-state index contributed by atoms with van der Waals surface area (Å²) < 4.78 is 5.79. The van der Waals surface area contributed by atoms with Gasteiger partial charge in [-0.25, -0.2) is 0 Å². The summed E-state index contributed by atoms with van der Waals surface area (Å²) in [6, 6.07) is 12.2. The highest BCUT2D eigenvalue weighted by atomic mass is 16.5. The van der Waals surface area contributed by atoms with Gasteiger partial charge in [-0.1, -0.05) is 30.3 Å². The Morgan fingerprint density at radius 3 is 2.47 bits per heavy atom. The smallest absolute Gasteiger partial charge is 0.0838 e. The fraction of sp³-hybridized carbons (Fsp3) is 0.462. The van der Waals surface area contributed by atoms with E-state index in [4.69, 9.17) is 10.00 Å². The van der Waals surface area contributed by atoms with Crippen molar-refractivity contribution in [1.82, 2.24) is 0 Å². The van der Waals surface area contributed by atoms with Gasteiger partial charge in [-0.3, -0.25) is 0 Å². The van der Waals surface area contributed by atoms with Gasteiger partial charge in [0.05, 0.1) is 18.3 Å². The molecule has 0 aliphatic carbocycles. The lowest BCUT2D eigenvalue weighted by Gasteiger charge is -2.19. The van der Waals surface area contributed by atoms with Crippen LogP contribution in [-0.2, 0) is 4.74 Å². The topological polar surface area (TPSA) is 33.0 Å². The van der Waals surface area contributed by atoms with Gasteiger partial charge in [0.1, 0.15) is 0 Å². The standard InChI is InChI=1S/C13H17NO/c1-11(2)15-13(9-6-10-14)12-7-4-3-5-8-12/h3-5,7-8,11,13H,6,9H2,1-2H3/t13-/m0/s1. The zero-order chi connectivity index (χ0) is 11.1. The Balaban J connectivity index is 2.68.